The predicted octanol–water partition coefficient (Wildman–Crippen LogP) is 5.83. The van der Waals surface area contributed by atoms with E-state index in [1.54, 1.807) is 19.9 Å². The summed E-state index contributed by atoms with van der Waals surface area (Å²) in [4.78, 5) is 31.9. The van der Waals surface area contributed by atoms with Gasteiger partial charge in [0.05, 0.1) is 22.1 Å². The Kier molecular flexibility index (Phi) is 7.87. The van der Waals surface area contributed by atoms with Crippen molar-refractivity contribution in [1.82, 2.24) is 5.32 Å². The number of anilines is 1. The molecule has 0 saturated carbocycles. The number of carbonyl (C=O) groups is 2. The lowest BCUT2D eigenvalue weighted by atomic mass is 9.97. The number of hydrogen-bond donors (Lipinski definition) is 1. The van der Waals surface area contributed by atoms with Crippen molar-refractivity contribution in [2.24, 2.45) is 10.9 Å². The minimum absolute atomic E-state index is 0.0102. The van der Waals surface area contributed by atoms with Crippen molar-refractivity contribution in [2.75, 3.05) is 11.4 Å². The van der Waals surface area contributed by atoms with Crippen LogP contribution in [-0.2, 0) is 9.59 Å². The highest BCUT2D eigenvalue weighted by Crippen LogP contribution is 2.31. The maximum absolute atomic E-state index is 12.6. The number of rotatable bonds is 6. The van der Waals surface area contributed by atoms with E-state index in [-0.39, 0.29) is 33.9 Å². The van der Waals surface area contributed by atoms with Crippen LogP contribution in [0.5, 0.6) is 0 Å². The van der Waals surface area contributed by atoms with Crippen molar-refractivity contribution < 1.29 is 9.59 Å². The van der Waals surface area contributed by atoms with Gasteiger partial charge in [-0.3, -0.25) is 9.59 Å². The molecule has 0 fully saturated rings. The number of Topliss-reactive ketones (excluding diaryl/α,β-unsaturated/α-hetero) is 1. The molecule has 1 aromatic carbocycles. The van der Waals surface area contributed by atoms with Crippen LogP contribution in [0.1, 0.15) is 60.5 Å². The van der Waals surface area contributed by atoms with E-state index in [4.69, 9.17) is 16.6 Å². The molecular formula is C25H34ClN3O2. The van der Waals surface area contributed by atoms with Gasteiger partial charge in [0.15, 0.2) is 0 Å². The molecule has 1 aliphatic rings. The second-order valence-corrected chi connectivity index (χ2v) is 9.44. The number of allylic oxidation sites excluding steroid dienone is 3. The van der Waals surface area contributed by atoms with Crippen molar-refractivity contribution in [3.63, 3.8) is 0 Å². The van der Waals surface area contributed by atoms with Crippen molar-refractivity contribution in [3.05, 3.63) is 46.1 Å². The van der Waals surface area contributed by atoms with Crippen LogP contribution in [0, 0.1) is 12.8 Å². The Morgan fingerprint density at radius 3 is 2.35 bits per heavy atom. The Morgan fingerprint density at radius 1 is 1.23 bits per heavy atom. The van der Waals surface area contributed by atoms with Crippen LogP contribution in [-0.4, -0.2) is 29.5 Å². The van der Waals surface area contributed by atoms with Gasteiger partial charge in [0, 0.05) is 29.3 Å². The Balaban J connectivity index is 2.50. The van der Waals surface area contributed by atoms with Gasteiger partial charge in [-0.1, -0.05) is 32.4 Å². The molecule has 0 spiro atoms. The Labute approximate surface area is 191 Å². The van der Waals surface area contributed by atoms with Crippen LogP contribution in [0.3, 0.4) is 0 Å². The Bertz CT molecular complexity index is 965. The minimum atomic E-state index is -0.373. The van der Waals surface area contributed by atoms with Crippen molar-refractivity contribution in [1.29, 1.82) is 0 Å². The Morgan fingerprint density at radius 2 is 1.87 bits per heavy atom. The third-order valence-electron chi connectivity index (χ3n) is 5.29. The van der Waals surface area contributed by atoms with Gasteiger partial charge < -0.3 is 10.2 Å². The van der Waals surface area contributed by atoms with Crippen LogP contribution in [0.4, 0.5) is 11.4 Å². The maximum Gasteiger partial charge on any atom is 0.227 e. The molecule has 0 bridgehead atoms. The van der Waals surface area contributed by atoms with Crippen LogP contribution >= 0.6 is 11.6 Å². The zero-order valence-electron chi connectivity index (χ0n) is 19.9. The average Bonchev–Trinajstić information content (AvgIpc) is 2.67. The van der Waals surface area contributed by atoms with E-state index in [1.807, 2.05) is 19.9 Å². The van der Waals surface area contributed by atoms with E-state index in [9.17, 15) is 9.59 Å². The first-order valence-corrected chi connectivity index (χ1v) is 11.2. The fraction of sp³-hybridized carbons (Fsp3) is 0.480. The maximum atomic E-state index is 12.6. The molecule has 1 aromatic rings. The number of hydrogen-bond acceptors (Lipinski definition) is 4. The zero-order valence-corrected chi connectivity index (χ0v) is 20.6. The molecule has 6 heteroatoms. The largest absolute Gasteiger partial charge is 0.367 e. The molecule has 0 radical (unpaired) electrons. The van der Waals surface area contributed by atoms with Gasteiger partial charge in [-0.2, -0.15) is 0 Å². The molecule has 1 aliphatic carbocycles. The molecule has 0 aliphatic heterocycles. The van der Waals surface area contributed by atoms with Crippen LogP contribution in [0.25, 0.3) is 0 Å². The monoisotopic (exact) mass is 443 g/mol. The topological polar surface area (TPSA) is 61.8 Å². The standard InChI is InChI=1S/C25H34ClN3O2/c1-9-18-20(14-21(23(30)22(18)26)28-24(31)15(3)4)27-19-12-11-17(13-16(19)5)29(10-2)25(6,7)8/h11-15H,9-10H2,1-8H3,(H,28,31). The highest BCUT2D eigenvalue weighted by molar-refractivity contribution is 6.49. The van der Waals surface area contributed by atoms with E-state index >= 15 is 0 Å². The number of benzene rings is 1. The van der Waals surface area contributed by atoms with Gasteiger partial charge in [-0.05, 0) is 70.9 Å². The lowest BCUT2D eigenvalue weighted by Crippen LogP contribution is -2.41. The fourth-order valence-electron chi connectivity index (χ4n) is 3.57. The smallest absolute Gasteiger partial charge is 0.227 e. The normalized spacial score (nSPS) is 16.1. The first-order chi connectivity index (χ1) is 14.4. The number of amides is 1. The minimum Gasteiger partial charge on any atom is -0.367 e. The molecule has 1 amide bonds. The summed E-state index contributed by atoms with van der Waals surface area (Å²) < 4.78 is 0. The van der Waals surface area contributed by atoms with Gasteiger partial charge in [-0.25, -0.2) is 4.99 Å². The summed E-state index contributed by atoms with van der Waals surface area (Å²) in [5.74, 6) is -0.850. The summed E-state index contributed by atoms with van der Waals surface area (Å²) >= 11 is 6.38. The number of nitrogens with one attached hydrogen (secondary N) is 1. The number of halogens is 1. The lowest BCUT2D eigenvalue weighted by Gasteiger charge is -2.37. The Hall–Kier alpha value is -2.40. The van der Waals surface area contributed by atoms with Gasteiger partial charge in [0.1, 0.15) is 0 Å². The lowest BCUT2D eigenvalue weighted by molar-refractivity contribution is -0.124. The summed E-state index contributed by atoms with van der Waals surface area (Å²) in [5.41, 5.74) is 4.43. The molecule has 31 heavy (non-hydrogen) atoms. The SMILES string of the molecule is CCC1=C(Cl)C(=O)C(NC(=O)C(C)C)=CC1=Nc1ccc(N(CC)C(C)(C)C)cc1C. The van der Waals surface area contributed by atoms with E-state index in [1.165, 1.54) is 0 Å². The van der Waals surface area contributed by atoms with Crippen LogP contribution in [0.15, 0.2) is 45.6 Å². The predicted molar refractivity (Wildman–Crippen MR) is 130 cm³/mol. The van der Waals surface area contributed by atoms with Gasteiger partial charge in [-0.15, -0.1) is 0 Å². The molecule has 0 aromatic heterocycles. The van der Waals surface area contributed by atoms with Gasteiger partial charge in [0.2, 0.25) is 11.7 Å². The number of ketones is 1. The van der Waals surface area contributed by atoms with Crippen molar-refractivity contribution in [2.45, 2.75) is 67.3 Å². The van der Waals surface area contributed by atoms with Gasteiger partial charge in [0.25, 0.3) is 0 Å². The summed E-state index contributed by atoms with van der Waals surface area (Å²) in [7, 11) is 0. The highest BCUT2D eigenvalue weighted by Gasteiger charge is 2.27. The van der Waals surface area contributed by atoms with Gasteiger partial charge >= 0.3 is 0 Å². The molecule has 1 N–H and O–H groups in total. The van der Waals surface area contributed by atoms with Crippen molar-refractivity contribution >= 4 is 40.4 Å². The molecule has 5 nitrogen and oxygen atoms in total. The molecule has 168 valence electrons. The summed E-state index contributed by atoms with van der Waals surface area (Å²) in [6.45, 7) is 17.1. The van der Waals surface area contributed by atoms with E-state index in [0.717, 1.165) is 23.5 Å². The van der Waals surface area contributed by atoms with E-state index in [2.05, 4.69) is 50.0 Å². The number of nitrogens with zero attached hydrogens (tertiary/aromatic N) is 2. The zero-order chi connectivity index (χ0) is 23.5. The number of carbonyl (C=O) groups excluding carboxylic acids is 2. The number of aryl methyl sites for hydroxylation is 1. The summed E-state index contributed by atoms with van der Waals surface area (Å²) in [6.07, 6.45) is 2.20. The summed E-state index contributed by atoms with van der Waals surface area (Å²) in [6, 6.07) is 6.19. The summed E-state index contributed by atoms with van der Waals surface area (Å²) in [5, 5.41) is 2.80. The molecule has 0 saturated heterocycles. The first kappa shape index (κ1) is 24.9. The average molecular weight is 444 g/mol. The third-order valence-corrected chi connectivity index (χ3v) is 5.69. The van der Waals surface area contributed by atoms with Crippen molar-refractivity contribution in [3.8, 4) is 0 Å². The fourth-order valence-corrected chi connectivity index (χ4v) is 3.90. The highest BCUT2D eigenvalue weighted by atomic mass is 35.5. The van der Waals surface area contributed by atoms with E-state index < -0.39 is 0 Å². The first-order valence-electron chi connectivity index (χ1n) is 10.8. The third kappa shape index (κ3) is 5.65. The second-order valence-electron chi connectivity index (χ2n) is 9.06. The quantitative estimate of drug-likeness (QED) is 0.562. The van der Waals surface area contributed by atoms with Crippen LogP contribution < -0.4 is 10.2 Å². The van der Waals surface area contributed by atoms with E-state index in [0.29, 0.717) is 17.7 Å². The molecule has 0 heterocycles. The van der Waals surface area contributed by atoms with Crippen LogP contribution in [0.2, 0.25) is 0 Å². The molecular weight excluding hydrogens is 410 g/mol. The molecule has 2 rings (SSSR count). The second kappa shape index (κ2) is 9.82. The molecule has 0 unspecified atom stereocenters. The number of aliphatic imine (C=N–C) groups is 1. The molecule has 0 atom stereocenters.